The summed E-state index contributed by atoms with van der Waals surface area (Å²) in [5.41, 5.74) is 0. The van der Waals surface area contributed by atoms with Gasteiger partial charge in [-0.25, -0.2) is 8.78 Å². The molecular formula is C21H34F2O. The molecule has 0 aliphatic heterocycles. The molecule has 0 N–H and O–H groups in total. The molecule has 1 nitrogen and oxygen atoms in total. The van der Waals surface area contributed by atoms with Crippen LogP contribution in [-0.4, -0.2) is 25.6 Å². The van der Waals surface area contributed by atoms with Gasteiger partial charge in [-0.05, 0) is 93.8 Å². The van der Waals surface area contributed by atoms with Crippen molar-refractivity contribution in [1.29, 1.82) is 0 Å². The van der Waals surface area contributed by atoms with E-state index in [1.165, 1.54) is 45.6 Å². The molecule has 0 saturated heterocycles. The summed E-state index contributed by atoms with van der Waals surface area (Å²) in [6.07, 6.45) is 10.2. The number of allylic oxidation sites excluding steroid dienone is 1. The zero-order valence-electron chi connectivity index (χ0n) is 15.1. The Morgan fingerprint density at radius 3 is 1.83 bits per heavy atom. The molecule has 0 amide bonds. The standard InChI is InChI=1S/C21H34F2O/c1-3-14-4-6-15(7-5-14)16-8-10-17(11-9-16)18-12-13-19(24-2)21(23)20(18)22/h3,14-21H,1,4-13H2,2H3. The van der Waals surface area contributed by atoms with E-state index in [9.17, 15) is 8.78 Å². The minimum absolute atomic E-state index is 0.0798. The average Bonchev–Trinajstić information content (AvgIpc) is 2.64. The van der Waals surface area contributed by atoms with Gasteiger partial charge in [0.15, 0.2) is 6.17 Å². The highest BCUT2D eigenvalue weighted by Gasteiger charge is 2.44. The Morgan fingerprint density at radius 2 is 1.29 bits per heavy atom. The van der Waals surface area contributed by atoms with Crippen LogP contribution in [0.2, 0.25) is 0 Å². The quantitative estimate of drug-likeness (QED) is 0.580. The summed E-state index contributed by atoms with van der Waals surface area (Å²) in [6, 6.07) is 0. The van der Waals surface area contributed by atoms with Gasteiger partial charge in [-0.3, -0.25) is 0 Å². The predicted octanol–water partition coefficient (Wildman–Crippen LogP) is 5.89. The second-order valence-corrected chi connectivity index (χ2v) is 8.49. The fraction of sp³-hybridized carbons (Fsp3) is 0.905. The number of methoxy groups -OCH3 is 1. The maximum absolute atomic E-state index is 14.5. The van der Waals surface area contributed by atoms with E-state index in [0.717, 1.165) is 37.0 Å². The second-order valence-electron chi connectivity index (χ2n) is 8.49. The number of rotatable bonds is 4. The molecule has 0 bridgehead atoms. The van der Waals surface area contributed by atoms with E-state index in [-0.39, 0.29) is 5.92 Å². The van der Waals surface area contributed by atoms with Gasteiger partial charge in [0.05, 0.1) is 6.10 Å². The van der Waals surface area contributed by atoms with Crippen LogP contribution in [0.3, 0.4) is 0 Å². The SMILES string of the molecule is C=CC1CCC(C2CCC(C3CCC(OC)C(F)C3F)CC2)CC1. The van der Waals surface area contributed by atoms with Crippen molar-refractivity contribution in [2.45, 2.75) is 82.7 Å². The van der Waals surface area contributed by atoms with Gasteiger partial charge in [0.25, 0.3) is 0 Å². The highest BCUT2D eigenvalue weighted by molar-refractivity contribution is 4.94. The molecule has 0 aromatic rings. The van der Waals surface area contributed by atoms with Crippen molar-refractivity contribution in [3.63, 3.8) is 0 Å². The van der Waals surface area contributed by atoms with Crippen LogP contribution in [0, 0.1) is 29.6 Å². The molecule has 138 valence electrons. The van der Waals surface area contributed by atoms with Crippen LogP contribution in [0.5, 0.6) is 0 Å². The molecule has 3 aliphatic rings. The van der Waals surface area contributed by atoms with E-state index in [1.54, 1.807) is 0 Å². The first-order valence-corrected chi connectivity index (χ1v) is 10.1. The third kappa shape index (κ3) is 3.86. The van der Waals surface area contributed by atoms with Crippen LogP contribution in [0.15, 0.2) is 12.7 Å². The minimum atomic E-state index is -1.43. The first-order valence-electron chi connectivity index (χ1n) is 10.1. The predicted molar refractivity (Wildman–Crippen MR) is 94.4 cm³/mol. The zero-order valence-corrected chi connectivity index (χ0v) is 15.1. The highest BCUT2D eigenvalue weighted by atomic mass is 19.2. The van der Waals surface area contributed by atoms with Crippen molar-refractivity contribution in [1.82, 2.24) is 0 Å². The fourth-order valence-electron chi connectivity index (χ4n) is 5.76. The Balaban J connectivity index is 1.48. The Hall–Kier alpha value is -0.440. The molecule has 4 unspecified atom stereocenters. The van der Waals surface area contributed by atoms with Crippen LogP contribution in [0.4, 0.5) is 8.78 Å². The molecule has 0 spiro atoms. The maximum Gasteiger partial charge on any atom is 0.157 e. The summed E-state index contributed by atoms with van der Waals surface area (Å²) >= 11 is 0. The number of halogens is 2. The summed E-state index contributed by atoms with van der Waals surface area (Å²) in [5, 5.41) is 0. The van der Waals surface area contributed by atoms with Crippen molar-refractivity contribution in [2.24, 2.45) is 29.6 Å². The summed E-state index contributed by atoms with van der Waals surface area (Å²) in [5.74, 6) is 2.71. The average molecular weight is 340 g/mol. The molecule has 0 aromatic carbocycles. The molecule has 0 aromatic heterocycles. The van der Waals surface area contributed by atoms with Crippen LogP contribution in [-0.2, 0) is 4.74 Å². The smallest absolute Gasteiger partial charge is 0.157 e. The van der Waals surface area contributed by atoms with E-state index < -0.39 is 18.4 Å². The maximum atomic E-state index is 14.5. The van der Waals surface area contributed by atoms with Crippen LogP contribution in [0.25, 0.3) is 0 Å². The molecule has 3 rings (SSSR count). The molecule has 3 heteroatoms. The van der Waals surface area contributed by atoms with E-state index in [1.807, 2.05) is 0 Å². The van der Waals surface area contributed by atoms with E-state index >= 15 is 0 Å². The lowest BCUT2D eigenvalue weighted by Crippen LogP contribution is -2.45. The van der Waals surface area contributed by atoms with Gasteiger partial charge in [-0.2, -0.15) is 0 Å². The van der Waals surface area contributed by atoms with Gasteiger partial charge in [0.2, 0.25) is 0 Å². The minimum Gasteiger partial charge on any atom is -0.378 e. The van der Waals surface area contributed by atoms with Crippen LogP contribution >= 0.6 is 0 Å². The van der Waals surface area contributed by atoms with Crippen molar-refractivity contribution in [3.8, 4) is 0 Å². The van der Waals surface area contributed by atoms with Crippen molar-refractivity contribution < 1.29 is 13.5 Å². The Morgan fingerprint density at radius 1 is 0.750 bits per heavy atom. The molecule has 0 heterocycles. The van der Waals surface area contributed by atoms with Gasteiger partial charge >= 0.3 is 0 Å². The molecule has 3 aliphatic carbocycles. The normalized spacial score (nSPS) is 47.3. The molecular weight excluding hydrogens is 306 g/mol. The molecule has 3 saturated carbocycles. The third-order valence-electron chi connectivity index (χ3n) is 7.39. The third-order valence-corrected chi connectivity index (χ3v) is 7.39. The Bertz CT molecular complexity index is 397. The van der Waals surface area contributed by atoms with Crippen molar-refractivity contribution >= 4 is 0 Å². The monoisotopic (exact) mass is 340 g/mol. The number of hydrogen-bond donors (Lipinski definition) is 0. The van der Waals surface area contributed by atoms with Gasteiger partial charge < -0.3 is 4.74 Å². The second kappa shape index (κ2) is 8.29. The highest BCUT2D eigenvalue weighted by Crippen LogP contribution is 2.46. The first-order chi connectivity index (χ1) is 11.6. The Kier molecular flexibility index (Phi) is 6.34. The van der Waals surface area contributed by atoms with Gasteiger partial charge in [-0.1, -0.05) is 6.08 Å². The number of ether oxygens (including phenoxy) is 1. The zero-order chi connectivity index (χ0) is 17.1. The molecule has 24 heavy (non-hydrogen) atoms. The fourth-order valence-corrected chi connectivity index (χ4v) is 5.76. The summed E-state index contributed by atoms with van der Waals surface area (Å²) in [7, 11) is 1.50. The lowest BCUT2D eigenvalue weighted by atomic mass is 9.65. The molecule has 4 atom stereocenters. The van der Waals surface area contributed by atoms with Crippen LogP contribution < -0.4 is 0 Å². The topological polar surface area (TPSA) is 9.23 Å². The summed E-state index contributed by atoms with van der Waals surface area (Å²) in [4.78, 5) is 0. The first kappa shape index (κ1) is 18.4. The van der Waals surface area contributed by atoms with Gasteiger partial charge in [-0.15, -0.1) is 6.58 Å². The van der Waals surface area contributed by atoms with E-state index in [4.69, 9.17) is 4.74 Å². The molecule has 0 radical (unpaired) electrons. The van der Waals surface area contributed by atoms with Crippen LogP contribution in [0.1, 0.15) is 64.2 Å². The van der Waals surface area contributed by atoms with Crippen molar-refractivity contribution in [3.05, 3.63) is 12.7 Å². The number of alkyl halides is 2. The largest absolute Gasteiger partial charge is 0.378 e. The Labute approximate surface area is 146 Å². The van der Waals surface area contributed by atoms with E-state index in [0.29, 0.717) is 12.3 Å². The lowest BCUT2D eigenvalue weighted by molar-refractivity contribution is -0.0729. The summed E-state index contributed by atoms with van der Waals surface area (Å²) in [6.45, 7) is 3.93. The molecule has 3 fully saturated rings. The summed E-state index contributed by atoms with van der Waals surface area (Å²) < 4.78 is 33.8. The van der Waals surface area contributed by atoms with Gasteiger partial charge in [0.1, 0.15) is 6.17 Å². The van der Waals surface area contributed by atoms with Gasteiger partial charge in [0, 0.05) is 7.11 Å². The van der Waals surface area contributed by atoms with E-state index in [2.05, 4.69) is 12.7 Å². The van der Waals surface area contributed by atoms with Crippen molar-refractivity contribution in [2.75, 3.05) is 7.11 Å². The number of hydrogen-bond acceptors (Lipinski definition) is 1. The lowest BCUT2D eigenvalue weighted by Gasteiger charge is -2.43.